The molecular weight excluding hydrogens is 247 g/mol. The van der Waals surface area contributed by atoms with Crippen LogP contribution in [0.1, 0.15) is 24.2 Å². The third-order valence-corrected chi connectivity index (χ3v) is 2.78. The lowest BCUT2D eigenvalue weighted by atomic mass is 10.1. The maximum absolute atomic E-state index is 13.2. The van der Waals surface area contributed by atoms with E-state index in [0.29, 0.717) is 22.6 Å². The minimum Gasteiger partial charge on any atom is -0.457 e. The van der Waals surface area contributed by atoms with E-state index >= 15 is 0 Å². The quantitative estimate of drug-likeness (QED) is 0.889. The summed E-state index contributed by atoms with van der Waals surface area (Å²) in [5.41, 5.74) is 0.996. The van der Waals surface area contributed by atoms with Gasteiger partial charge < -0.3 is 14.9 Å². The van der Waals surface area contributed by atoms with Gasteiger partial charge in [0.25, 0.3) is 0 Å². The maximum Gasteiger partial charge on any atom is 0.133 e. The van der Waals surface area contributed by atoms with E-state index in [2.05, 4.69) is 0 Å². The summed E-state index contributed by atoms with van der Waals surface area (Å²) < 4.78 is 18.8. The minimum atomic E-state index is -0.841. The monoisotopic (exact) mass is 262 g/mol. The molecule has 0 aliphatic heterocycles. The van der Waals surface area contributed by atoms with Crippen LogP contribution in [0, 0.1) is 5.82 Å². The zero-order valence-corrected chi connectivity index (χ0v) is 10.5. The predicted molar refractivity (Wildman–Crippen MR) is 69.5 cm³/mol. The first kappa shape index (κ1) is 13.5. The largest absolute Gasteiger partial charge is 0.457 e. The fourth-order valence-corrected chi connectivity index (χ4v) is 1.79. The lowest BCUT2D eigenvalue weighted by Gasteiger charge is -2.15. The number of benzene rings is 2. The molecule has 19 heavy (non-hydrogen) atoms. The Labute approximate surface area is 110 Å². The van der Waals surface area contributed by atoms with Crippen LogP contribution in [-0.4, -0.2) is 10.2 Å². The number of halogens is 1. The zero-order valence-electron chi connectivity index (χ0n) is 10.5. The highest BCUT2D eigenvalue weighted by molar-refractivity contribution is 5.42. The molecule has 3 nitrogen and oxygen atoms in total. The van der Waals surface area contributed by atoms with Gasteiger partial charge in [-0.25, -0.2) is 4.39 Å². The highest BCUT2D eigenvalue weighted by Crippen LogP contribution is 2.31. The summed E-state index contributed by atoms with van der Waals surface area (Å²) in [6.07, 6.45) is -0.841. The zero-order chi connectivity index (χ0) is 13.8. The number of aliphatic hydroxyl groups excluding tert-OH is 2. The van der Waals surface area contributed by atoms with Gasteiger partial charge in [-0.15, -0.1) is 0 Å². The molecule has 0 amide bonds. The fourth-order valence-electron chi connectivity index (χ4n) is 1.79. The van der Waals surface area contributed by atoms with Crippen molar-refractivity contribution in [3.8, 4) is 11.5 Å². The summed E-state index contributed by atoms with van der Waals surface area (Å²) in [5, 5.41) is 18.9. The molecule has 0 aliphatic rings. The first-order valence-corrected chi connectivity index (χ1v) is 5.96. The van der Waals surface area contributed by atoms with E-state index in [1.54, 1.807) is 31.2 Å². The molecule has 0 saturated carbocycles. The molecule has 4 heteroatoms. The van der Waals surface area contributed by atoms with E-state index in [4.69, 9.17) is 4.74 Å². The van der Waals surface area contributed by atoms with Crippen LogP contribution in [0.3, 0.4) is 0 Å². The summed E-state index contributed by atoms with van der Waals surface area (Å²) in [7, 11) is 0. The molecule has 1 atom stereocenters. The summed E-state index contributed by atoms with van der Waals surface area (Å²) >= 11 is 0. The number of ether oxygens (including phenoxy) is 1. The normalized spacial score (nSPS) is 12.2. The highest BCUT2D eigenvalue weighted by atomic mass is 19.1. The molecule has 0 radical (unpaired) electrons. The molecule has 0 spiro atoms. The van der Waals surface area contributed by atoms with Crippen molar-refractivity contribution in [3.05, 3.63) is 59.4 Å². The van der Waals surface area contributed by atoms with E-state index in [0.717, 1.165) is 0 Å². The lowest BCUT2D eigenvalue weighted by molar-refractivity contribution is 0.195. The first-order valence-electron chi connectivity index (χ1n) is 5.96. The predicted octanol–water partition coefficient (Wildman–Crippen LogP) is 3.16. The van der Waals surface area contributed by atoms with Crippen LogP contribution in [0.5, 0.6) is 11.5 Å². The van der Waals surface area contributed by atoms with Crippen molar-refractivity contribution in [3.63, 3.8) is 0 Å². The fraction of sp³-hybridized carbons (Fsp3) is 0.200. The SMILES string of the molecule is C[C@H](O)c1cc(F)ccc1Oc1ccccc1CO. The molecule has 2 rings (SSSR count). The molecule has 0 aliphatic carbocycles. The van der Waals surface area contributed by atoms with Gasteiger partial charge in [-0.2, -0.15) is 0 Å². The van der Waals surface area contributed by atoms with Crippen LogP contribution in [-0.2, 0) is 6.61 Å². The summed E-state index contributed by atoms with van der Waals surface area (Å²) in [6.45, 7) is 1.39. The number of hydrogen-bond acceptors (Lipinski definition) is 3. The van der Waals surface area contributed by atoms with E-state index in [9.17, 15) is 14.6 Å². The second kappa shape index (κ2) is 5.82. The Bertz CT molecular complexity index is 567. The van der Waals surface area contributed by atoms with Gasteiger partial charge in [0.15, 0.2) is 0 Å². The maximum atomic E-state index is 13.2. The Morgan fingerprint density at radius 2 is 1.89 bits per heavy atom. The van der Waals surface area contributed by atoms with E-state index in [1.165, 1.54) is 18.2 Å². The van der Waals surface area contributed by atoms with Crippen molar-refractivity contribution in [2.75, 3.05) is 0 Å². The second-order valence-electron chi connectivity index (χ2n) is 4.23. The van der Waals surface area contributed by atoms with Crippen molar-refractivity contribution < 1.29 is 19.3 Å². The van der Waals surface area contributed by atoms with Crippen LogP contribution >= 0.6 is 0 Å². The van der Waals surface area contributed by atoms with Gasteiger partial charge in [0.05, 0.1) is 12.7 Å². The Hall–Kier alpha value is -1.91. The second-order valence-corrected chi connectivity index (χ2v) is 4.23. The average Bonchev–Trinajstić information content (AvgIpc) is 2.41. The Balaban J connectivity index is 2.38. The molecule has 2 aromatic rings. The van der Waals surface area contributed by atoms with E-state index in [-0.39, 0.29) is 6.61 Å². The first-order chi connectivity index (χ1) is 9.11. The Morgan fingerprint density at radius 1 is 1.16 bits per heavy atom. The molecule has 0 bridgehead atoms. The topological polar surface area (TPSA) is 49.7 Å². The average molecular weight is 262 g/mol. The molecular formula is C15H15FO3. The number of para-hydroxylation sites is 1. The molecule has 0 aromatic heterocycles. The Kier molecular flexibility index (Phi) is 4.14. The number of aliphatic hydroxyl groups is 2. The van der Waals surface area contributed by atoms with Gasteiger partial charge in [-0.3, -0.25) is 0 Å². The molecule has 0 saturated heterocycles. The van der Waals surface area contributed by atoms with Gasteiger partial charge in [0.1, 0.15) is 17.3 Å². The molecule has 2 aromatic carbocycles. The van der Waals surface area contributed by atoms with Crippen LogP contribution in [0.2, 0.25) is 0 Å². The molecule has 0 heterocycles. The molecule has 0 fully saturated rings. The van der Waals surface area contributed by atoms with Crippen LogP contribution in [0.25, 0.3) is 0 Å². The molecule has 100 valence electrons. The molecule has 2 N–H and O–H groups in total. The summed E-state index contributed by atoms with van der Waals surface area (Å²) in [5.74, 6) is 0.425. The summed E-state index contributed by atoms with van der Waals surface area (Å²) in [4.78, 5) is 0. The van der Waals surface area contributed by atoms with Crippen LogP contribution < -0.4 is 4.74 Å². The van der Waals surface area contributed by atoms with Gasteiger partial charge >= 0.3 is 0 Å². The third-order valence-electron chi connectivity index (χ3n) is 2.78. The van der Waals surface area contributed by atoms with Crippen molar-refractivity contribution in [2.24, 2.45) is 0 Å². The molecule has 0 unspecified atom stereocenters. The van der Waals surface area contributed by atoms with Gasteiger partial charge in [0.2, 0.25) is 0 Å². The smallest absolute Gasteiger partial charge is 0.133 e. The summed E-state index contributed by atoms with van der Waals surface area (Å²) in [6, 6.07) is 11.0. The number of hydrogen-bond donors (Lipinski definition) is 2. The lowest BCUT2D eigenvalue weighted by Crippen LogP contribution is -1.98. The van der Waals surface area contributed by atoms with Crippen LogP contribution in [0.15, 0.2) is 42.5 Å². The standard InChI is InChI=1S/C15H15FO3/c1-10(18)13-8-12(16)6-7-15(13)19-14-5-3-2-4-11(14)9-17/h2-8,10,17-18H,9H2,1H3/t10-/m0/s1. The highest BCUT2D eigenvalue weighted by Gasteiger charge is 2.12. The van der Waals surface area contributed by atoms with Crippen molar-refractivity contribution in [2.45, 2.75) is 19.6 Å². The third kappa shape index (κ3) is 3.10. The number of rotatable bonds is 4. The van der Waals surface area contributed by atoms with Gasteiger partial charge in [-0.1, -0.05) is 18.2 Å². The van der Waals surface area contributed by atoms with Crippen molar-refractivity contribution >= 4 is 0 Å². The van der Waals surface area contributed by atoms with Crippen molar-refractivity contribution in [1.29, 1.82) is 0 Å². The van der Waals surface area contributed by atoms with Crippen LogP contribution in [0.4, 0.5) is 4.39 Å². The van der Waals surface area contributed by atoms with E-state index < -0.39 is 11.9 Å². The van der Waals surface area contributed by atoms with Gasteiger partial charge in [-0.05, 0) is 31.2 Å². The Morgan fingerprint density at radius 3 is 2.58 bits per heavy atom. The minimum absolute atomic E-state index is 0.151. The van der Waals surface area contributed by atoms with Crippen molar-refractivity contribution in [1.82, 2.24) is 0 Å². The van der Waals surface area contributed by atoms with E-state index in [1.807, 2.05) is 0 Å². The van der Waals surface area contributed by atoms with Gasteiger partial charge in [0, 0.05) is 11.1 Å².